The van der Waals surface area contributed by atoms with Gasteiger partial charge < -0.3 is 4.74 Å². The molecule has 0 amide bonds. The van der Waals surface area contributed by atoms with Gasteiger partial charge in [0, 0.05) is 43.5 Å². The molecule has 30 heavy (non-hydrogen) atoms. The summed E-state index contributed by atoms with van der Waals surface area (Å²) in [5.74, 6) is 0.855. The van der Waals surface area contributed by atoms with Crippen LogP contribution in [0.3, 0.4) is 0 Å². The molecule has 1 aliphatic rings. The lowest BCUT2D eigenvalue weighted by molar-refractivity contribution is 0.0890. The van der Waals surface area contributed by atoms with Crippen molar-refractivity contribution in [3.05, 3.63) is 70.7 Å². The highest BCUT2D eigenvalue weighted by atomic mass is 32.1. The number of pyridine rings is 1. The first-order valence-electron chi connectivity index (χ1n) is 10.1. The number of rotatable bonds is 5. The van der Waals surface area contributed by atoms with Gasteiger partial charge in [-0.3, -0.25) is 9.80 Å². The molecule has 4 aromatic rings. The van der Waals surface area contributed by atoms with Crippen LogP contribution in [-0.2, 0) is 6.54 Å². The summed E-state index contributed by atoms with van der Waals surface area (Å²) in [6.45, 7) is 4.03. The fourth-order valence-corrected chi connectivity index (χ4v) is 4.86. The Morgan fingerprint density at radius 2 is 2.03 bits per heavy atom. The second-order valence-corrected chi connectivity index (χ2v) is 8.57. The van der Waals surface area contributed by atoms with Gasteiger partial charge in [0.15, 0.2) is 0 Å². The van der Waals surface area contributed by atoms with Gasteiger partial charge in [0.05, 0.1) is 18.7 Å². The van der Waals surface area contributed by atoms with Crippen LogP contribution < -0.4 is 4.74 Å². The van der Waals surface area contributed by atoms with E-state index in [0.29, 0.717) is 0 Å². The first-order valence-corrected chi connectivity index (χ1v) is 11.1. The number of ether oxygens (including phenoxy) is 1. The number of methoxy groups -OCH3 is 1. The topological polar surface area (TPSA) is 45.9 Å². The molecule has 1 atom stereocenters. The molecule has 0 radical (unpaired) electrons. The van der Waals surface area contributed by atoms with Crippen molar-refractivity contribution in [2.24, 2.45) is 0 Å². The fourth-order valence-electron chi connectivity index (χ4n) is 4.20. The Hall–Kier alpha value is -2.74. The Labute approximate surface area is 180 Å². The third-order valence-corrected chi connectivity index (χ3v) is 6.62. The van der Waals surface area contributed by atoms with Gasteiger partial charge in [-0.2, -0.15) is 11.3 Å². The summed E-state index contributed by atoms with van der Waals surface area (Å²) in [6, 6.07) is 14.7. The van der Waals surface area contributed by atoms with Crippen LogP contribution in [0.5, 0.6) is 5.75 Å². The molecule has 0 spiro atoms. The van der Waals surface area contributed by atoms with Crippen molar-refractivity contribution in [2.75, 3.05) is 33.8 Å². The molecule has 0 N–H and O–H groups in total. The van der Waals surface area contributed by atoms with Gasteiger partial charge >= 0.3 is 0 Å². The molecule has 1 aromatic carbocycles. The minimum atomic E-state index is 0.229. The number of fused-ring (bicyclic) bond motifs is 1. The minimum Gasteiger partial charge on any atom is -0.496 e. The number of piperazine rings is 1. The van der Waals surface area contributed by atoms with Crippen molar-refractivity contribution < 1.29 is 4.74 Å². The van der Waals surface area contributed by atoms with E-state index in [-0.39, 0.29) is 6.04 Å². The van der Waals surface area contributed by atoms with Gasteiger partial charge in [-0.05, 0) is 41.6 Å². The summed E-state index contributed by atoms with van der Waals surface area (Å²) in [7, 11) is 3.88. The van der Waals surface area contributed by atoms with Crippen LogP contribution >= 0.6 is 11.3 Å². The molecule has 1 fully saturated rings. The van der Waals surface area contributed by atoms with Gasteiger partial charge in [0.2, 0.25) is 0 Å². The Bertz CT molecular complexity index is 1140. The maximum atomic E-state index is 5.52. The van der Waals surface area contributed by atoms with E-state index in [9.17, 15) is 0 Å². The van der Waals surface area contributed by atoms with E-state index >= 15 is 0 Å². The highest BCUT2D eigenvalue weighted by Crippen LogP contribution is 2.32. The molecule has 0 aliphatic carbocycles. The smallest absolute Gasteiger partial charge is 0.126 e. The van der Waals surface area contributed by atoms with Crippen LogP contribution in [0, 0.1) is 0 Å². The lowest BCUT2D eigenvalue weighted by atomic mass is 10.0. The predicted molar refractivity (Wildman–Crippen MR) is 120 cm³/mol. The van der Waals surface area contributed by atoms with Gasteiger partial charge in [-0.25, -0.2) is 4.52 Å². The van der Waals surface area contributed by atoms with Gasteiger partial charge in [0.1, 0.15) is 11.4 Å². The first-order chi connectivity index (χ1) is 14.7. The quantitative estimate of drug-likeness (QED) is 0.490. The van der Waals surface area contributed by atoms with Crippen LogP contribution in [0.2, 0.25) is 0 Å². The number of nitrogens with zero attached hydrogens (tertiary/aromatic N) is 5. The zero-order valence-electron chi connectivity index (χ0n) is 17.2. The molecule has 1 saturated heterocycles. The van der Waals surface area contributed by atoms with E-state index in [2.05, 4.69) is 62.2 Å². The van der Waals surface area contributed by atoms with E-state index in [0.717, 1.165) is 54.3 Å². The minimum absolute atomic E-state index is 0.229. The van der Waals surface area contributed by atoms with Crippen molar-refractivity contribution >= 4 is 16.9 Å². The average molecular weight is 420 g/mol. The van der Waals surface area contributed by atoms with Crippen molar-refractivity contribution in [1.82, 2.24) is 24.6 Å². The first kappa shape index (κ1) is 19.2. The molecule has 4 heterocycles. The van der Waals surface area contributed by atoms with Gasteiger partial charge in [-0.1, -0.05) is 29.5 Å². The molecule has 3 aromatic heterocycles. The van der Waals surface area contributed by atoms with Crippen LogP contribution in [0.15, 0.2) is 59.4 Å². The van der Waals surface area contributed by atoms with Crippen molar-refractivity contribution in [3.63, 3.8) is 0 Å². The second-order valence-electron chi connectivity index (χ2n) is 7.79. The lowest BCUT2D eigenvalue weighted by Gasteiger charge is -2.38. The average Bonchev–Trinajstić information content (AvgIpc) is 3.44. The molecule has 0 bridgehead atoms. The number of aromatic nitrogens is 3. The number of hydrogen-bond acceptors (Lipinski definition) is 6. The summed E-state index contributed by atoms with van der Waals surface area (Å²) in [5.41, 5.74) is 5.60. The van der Waals surface area contributed by atoms with E-state index < -0.39 is 0 Å². The van der Waals surface area contributed by atoms with E-state index in [4.69, 9.17) is 4.74 Å². The van der Waals surface area contributed by atoms with Crippen LogP contribution in [-0.4, -0.2) is 58.4 Å². The largest absolute Gasteiger partial charge is 0.496 e. The Morgan fingerprint density at radius 3 is 2.87 bits per heavy atom. The summed E-state index contributed by atoms with van der Waals surface area (Å²) in [4.78, 5) is 4.91. The molecule has 0 unspecified atom stereocenters. The van der Waals surface area contributed by atoms with Crippen LogP contribution in [0.4, 0.5) is 0 Å². The molecule has 6 nitrogen and oxygen atoms in total. The summed E-state index contributed by atoms with van der Waals surface area (Å²) < 4.78 is 7.42. The van der Waals surface area contributed by atoms with Crippen molar-refractivity contribution in [3.8, 4) is 16.9 Å². The Kier molecular flexibility index (Phi) is 5.25. The monoisotopic (exact) mass is 419 g/mol. The van der Waals surface area contributed by atoms with Crippen LogP contribution in [0.25, 0.3) is 16.6 Å². The molecule has 154 valence electrons. The maximum absolute atomic E-state index is 5.52. The summed E-state index contributed by atoms with van der Waals surface area (Å²) in [5, 5.41) is 13.4. The van der Waals surface area contributed by atoms with Gasteiger partial charge in [0.25, 0.3) is 0 Å². The SMILES string of the molecule is COc1ccccc1-c1ccc2c([C@H]3CN(Cc4ccsc4)CCN3C)nnn2c1. The van der Waals surface area contributed by atoms with E-state index in [1.54, 1.807) is 18.4 Å². The number of hydrogen-bond donors (Lipinski definition) is 0. The standard InChI is InChI=1S/C23H25N5OS/c1-26-10-11-27(13-17-9-12-30-16-17)15-21(26)23-20-8-7-18(14-28(20)25-24-23)19-5-3-4-6-22(19)29-2/h3-9,12,14,16,21H,10-11,13,15H2,1-2H3/t21-/m1/s1. The normalized spacial score (nSPS) is 18.1. The van der Waals surface area contributed by atoms with E-state index in [1.807, 2.05) is 28.9 Å². The predicted octanol–water partition coefficient (Wildman–Crippen LogP) is 3.96. The third kappa shape index (κ3) is 3.60. The molecule has 0 saturated carbocycles. The zero-order valence-corrected chi connectivity index (χ0v) is 18.0. The highest BCUT2D eigenvalue weighted by molar-refractivity contribution is 7.07. The zero-order chi connectivity index (χ0) is 20.5. The van der Waals surface area contributed by atoms with E-state index in [1.165, 1.54) is 5.56 Å². The molecular formula is C23H25N5OS. The number of likely N-dealkylation sites (N-methyl/N-ethyl adjacent to an activating group) is 1. The molecule has 1 aliphatic heterocycles. The molecular weight excluding hydrogens is 394 g/mol. The van der Waals surface area contributed by atoms with Gasteiger partial charge in [-0.15, -0.1) is 5.10 Å². The third-order valence-electron chi connectivity index (χ3n) is 5.89. The lowest BCUT2D eigenvalue weighted by Crippen LogP contribution is -2.46. The Morgan fingerprint density at radius 1 is 1.13 bits per heavy atom. The number of thiophene rings is 1. The molecule has 5 rings (SSSR count). The number of benzene rings is 1. The summed E-state index contributed by atoms with van der Waals surface area (Å²) >= 11 is 1.76. The Balaban J connectivity index is 1.44. The van der Waals surface area contributed by atoms with Crippen molar-refractivity contribution in [2.45, 2.75) is 12.6 Å². The highest BCUT2D eigenvalue weighted by Gasteiger charge is 2.29. The number of para-hydroxylation sites is 1. The molecule has 7 heteroatoms. The maximum Gasteiger partial charge on any atom is 0.126 e. The van der Waals surface area contributed by atoms with Crippen LogP contribution in [0.1, 0.15) is 17.3 Å². The van der Waals surface area contributed by atoms with Crippen molar-refractivity contribution in [1.29, 1.82) is 0 Å². The second kappa shape index (κ2) is 8.18. The fraction of sp³-hybridized carbons (Fsp3) is 0.304. The summed E-state index contributed by atoms with van der Waals surface area (Å²) in [6.07, 6.45) is 2.04.